The lowest BCUT2D eigenvalue weighted by molar-refractivity contribution is -0.143. The third kappa shape index (κ3) is 4.54. The Morgan fingerprint density at radius 3 is 2.23 bits per heavy atom. The number of sulfonamides is 1. The molecule has 0 unspecified atom stereocenters. The van der Waals surface area contributed by atoms with Gasteiger partial charge in [-0.15, -0.1) is 0 Å². The minimum atomic E-state index is -3.79. The molecule has 7 nitrogen and oxygen atoms in total. The lowest BCUT2D eigenvalue weighted by Crippen LogP contribution is -2.48. The molecule has 0 spiro atoms. The van der Waals surface area contributed by atoms with Gasteiger partial charge < -0.3 is 10.4 Å². The molecule has 0 fully saturated rings. The maximum absolute atomic E-state index is 12.3. The largest absolute Gasteiger partial charge is 0.480 e. The Morgan fingerprint density at radius 1 is 1.23 bits per heavy atom. The highest BCUT2D eigenvalue weighted by Crippen LogP contribution is 2.13. The number of amides is 1. The molecule has 0 saturated heterocycles. The minimum Gasteiger partial charge on any atom is -0.480 e. The van der Waals surface area contributed by atoms with Crippen molar-refractivity contribution in [1.29, 1.82) is 0 Å². The van der Waals surface area contributed by atoms with E-state index in [0.717, 1.165) is 4.31 Å². The van der Waals surface area contributed by atoms with E-state index in [1.54, 1.807) is 32.0 Å². The number of carbonyl (C=O) groups is 2. The fourth-order valence-electron chi connectivity index (χ4n) is 1.79. The van der Waals surface area contributed by atoms with Crippen LogP contribution in [-0.4, -0.2) is 49.3 Å². The summed E-state index contributed by atoms with van der Waals surface area (Å²) in [6.07, 6.45) is 0. The first-order chi connectivity index (χ1) is 10.2. The number of hydrogen-bond donors (Lipinski definition) is 2. The first kappa shape index (κ1) is 18.1. The number of hydrogen-bond acceptors (Lipinski definition) is 4. The maximum Gasteiger partial charge on any atom is 0.326 e. The van der Waals surface area contributed by atoms with E-state index < -0.39 is 34.5 Å². The summed E-state index contributed by atoms with van der Waals surface area (Å²) < 4.78 is 25.4. The van der Waals surface area contributed by atoms with Crippen molar-refractivity contribution in [3.63, 3.8) is 0 Å². The van der Waals surface area contributed by atoms with Crippen LogP contribution >= 0.6 is 0 Å². The molecule has 122 valence electrons. The Bertz CT molecular complexity index is 628. The molecule has 22 heavy (non-hydrogen) atoms. The van der Waals surface area contributed by atoms with E-state index in [1.807, 2.05) is 0 Å². The van der Waals surface area contributed by atoms with Crippen LogP contribution in [0.1, 0.15) is 13.8 Å². The monoisotopic (exact) mass is 328 g/mol. The summed E-state index contributed by atoms with van der Waals surface area (Å²) in [7, 11) is -2.51. The standard InChI is InChI=1S/C14H20N2O5S/c1-10(2)13(14(18)19)15-12(17)9-16(3)22(20,21)11-7-5-4-6-8-11/h4-8,10,13H,9H2,1-3H3,(H,15,17)(H,18,19)/t13-/m1/s1. The quantitative estimate of drug-likeness (QED) is 0.760. The number of benzene rings is 1. The zero-order chi connectivity index (χ0) is 16.9. The van der Waals surface area contributed by atoms with Crippen molar-refractivity contribution in [3.05, 3.63) is 30.3 Å². The van der Waals surface area contributed by atoms with Gasteiger partial charge in [0.05, 0.1) is 11.4 Å². The molecule has 0 saturated carbocycles. The SMILES string of the molecule is CC(C)[C@@H](NC(=O)CN(C)S(=O)(=O)c1ccccc1)C(=O)O. The molecular weight excluding hydrogens is 308 g/mol. The van der Waals surface area contributed by atoms with Crippen molar-refractivity contribution in [1.82, 2.24) is 9.62 Å². The summed E-state index contributed by atoms with van der Waals surface area (Å²) in [5.74, 6) is -2.13. The Labute approximate surface area is 130 Å². The summed E-state index contributed by atoms with van der Waals surface area (Å²) in [6.45, 7) is 2.86. The van der Waals surface area contributed by atoms with Crippen molar-refractivity contribution >= 4 is 21.9 Å². The summed E-state index contributed by atoms with van der Waals surface area (Å²) in [4.78, 5) is 23.0. The number of carboxylic acid groups (broad SMARTS) is 1. The van der Waals surface area contributed by atoms with Gasteiger partial charge in [-0.3, -0.25) is 4.79 Å². The third-order valence-electron chi connectivity index (χ3n) is 3.07. The van der Waals surface area contributed by atoms with E-state index in [0.29, 0.717) is 0 Å². The van der Waals surface area contributed by atoms with Crippen LogP contribution in [0, 0.1) is 5.92 Å². The third-order valence-corrected chi connectivity index (χ3v) is 4.88. The van der Waals surface area contributed by atoms with Gasteiger partial charge >= 0.3 is 5.97 Å². The normalized spacial score (nSPS) is 13.1. The number of carboxylic acids is 1. The van der Waals surface area contributed by atoms with Gasteiger partial charge in [0.15, 0.2) is 0 Å². The van der Waals surface area contributed by atoms with Crippen LogP contribution in [-0.2, 0) is 19.6 Å². The van der Waals surface area contributed by atoms with E-state index in [4.69, 9.17) is 5.11 Å². The fraction of sp³-hybridized carbons (Fsp3) is 0.429. The van der Waals surface area contributed by atoms with Crippen molar-refractivity contribution in [2.75, 3.05) is 13.6 Å². The second-order valence-corrected chi connectivity index (χ2v) is 7.25. The zero-order valence-electron chi connectivity index (χ0n) is 12.7. The number of carbonyl (C=O) groups excluding carboxylic acids is 1. The summed E-state index contributed by atoms with van der Waals surface area (Å²) >= 11 is 0. The smallest absolute Gasteiger partial charge is 0.326 e. The molecule has 0 aliphatic carbocycles. The highest BCUT2D eigenvalue weighted by Gasteiger charge is 2.27. The van der Waals surface area contributed by atoms with Gasteiger partial charge in [-0.25, -0.2) is 13.2 Å². The Hall–Kier alpha value is -1.93. The maximum atomic E-state index is 12.3. The Balaban J connectivity index is 2.78. The van der Waals surface area contributed by atoms with Crippen LogP contribution in [0.3, 0.4) is 0 Å². The van der Waals surface area contributed by atoms with Crippen LogP contribution in [0.4, 0.5) is 0 Å². The molecule has 1 atom stereocenters. The highest BCUT2D eigenvalue weighted by atomic mass is 32.2. The van der Waals surface area contributed by atoms with E-state index in [1.165, 1.54) is 19.2 Å². The predicted octanol–water partition coefficient (Wildman–Crippen LogP) is 0.532. The van der Waals surface area contributed by atoms with Gasteiger partial charge in [0, 0.05) is 7.05 Å². The first-order valence-electron chi connectivity index (χ1n) is 6.69. The average Bonchev–Trinajstić information content (AvgIpc) is 2.44. The van der Waals surface area contributed by atoms with Crippen molar-refractivity contribution < 1.29 is 23.1 Å². The van der Waals surface area contributed by atoms with Crippen molar-refractivity contribution in [2.45, 2.75) is 24.8 Å². The van der Waals surface area contributed by atoms with Gasteiger partial charge in [0.1, 0.15) is 6.04 Å². The van der Waals surface area contributed by atoms with Crippen LogP contribution in [0.5, 0.6) is 0 Å². The molecule has 0 aromatic heterocycles. The highest BCUT2D eigenvalue weighted by molar-refractivity contribution is 7.89. The molecule has 8 heteroatoms. The molecule has 0 bridgehead atoms. The Morgan fingerprint density at radius 2 is 1.77 bits per heavy atom. The van der Waals surface area contributed by atoms with Gasteiger partial charge in [-0.1, -0.05) is 32.0 Å². The Kier molecular flexibility index (Phi) is 6.07. The molecule has 2 N–H and O–H groups in total. The van der Waals surface area contributed by atoms with Crippen molar-refractivity contribution in [3.8, 4) is 0 Å². The lowest BCUT2D eigenvalue weighted by atomic mass is 10.1. The summed E-state index contributed by atoms with van der Waals surface area (Å²) in [5, 5.41) is 11.3. The molecule has 0 aliphatic heterocycles. The fourth-order valence-corrected chi connectivity index (χ4v) is 2.94. The van der Waals surface area contributed by atoms with E-state index >= 15 is 0 Å². The molecule has 1 amide bonds. The second kappa shape index (κ2) is 7.37. The number of rotatable bonds is 7. The molecular formula is C14H20N2O5S. The topological polar surface area (TPSA) is 104 Å². The first-order valence-corrected chi connectivity index (χ1v) is 8.14. The lowest BCUT2D eigenvalue weighted by Gasteiger charge is -2.21. The molecule has 0 radical (unpaired) electrons. The molecule has 0 heterocycles. The van der Waals surface area contributed by atoms with Crippen LogP contribution in [0.15, 0.2) is 35.2 Å². The van der Waals surface area contributed by atoms with Crippen LogP contribution in [0.2, 0.25) is 0 Å². The van der Waals surface area contributed by atoms with E-state index in [2.05, 4.69) is 5.32 Å². The van der Waals surface area contributed by atoms with Crippen LogP contribution in [0.25, 0.3) is 0 Å². The van der Waals surface area contributed by atoms with Crippen molar-refractivity contribution in [2.24, 2.45) is 5.92 Å². The minimum absolute atomic E-state index is 0.0731. The molecule has 1 aromatic carbocycles. The van der Waals surface area contributed by atoms with Gasteiger partial charge in [0.2, 0.25) is 15.9 Å². The molecule has 1 aromatic rings. The second-order valence-electron chi connectivity index (χ2n) is 5.20. The number of aliphatic carboxylic acids is 1. The zero-order valence-corrected chi connectivity index (χ0v) is 13.5. The molecule has 1 rings (SSSR count). The number of nitrogens with zero attached hydrogens (tertiary/aromatic N) is 1. The van der Waals surface area contributed by atoms with Crippen LogP contribution < -0.4 is 5.32 Å². The molecule has 0 aliphatic rings. The summed E-state index contributed by atoms with van der Waals surface area (Å²) in [6, 6.07) is 6.65. The van der Waals surface area contributed by atoms with Gasteiger partial charge in [0.25, 0.3) is 0 Å². The summed E-state index contributed by atoms with van der Waals surface area (Å²) in [5.41, 5.74) is 0. The van der Waals surface area contributed by atoms with E-state index in [-0.39, 0.29) is 10.8 Å². The number of nitrogens with one attached hydrogen (secondary N) is 1. The van der Waals surface area contributed by atoms with E-state index in [9.17, 15) is 18.0 Å². The average molecular weight is 328 g/mol. The number of likely N-dealkylation sites (N-methyl/N-ethyl adjacent to an activating group) is 1. The van der Waals surface area contributed by atoms with Gasteiger partial charge in [-0.2, -0.15) is 4.31 Å². The van der Waals surface area contributed by atoms with Gasteiger partial charge in [-0.05, 0) is 18.1 Å². The predicted molar refractivity (Wildman–Crippen MR) is 80.7 cm³/mol.